The summed E-state index contributed by atoms with van der Waals surface area (Å²) < 4.78 is 0. The van der Waals surface area contributed by atoms with E-state index in [2.05, 4.69) is 10.6 Å². The van der Waals surface area contributed by atoms with Gasteiger partial charge < -0.3 is 10.6 Å². The summed E-state index contributed by atoms with van der Waals surface area (Å²) in [6.07, 6.45) is 2.57. The lowest BCUT2D eigenvalue weighted by atomic mass is 9.88. The minimum Gasteiger partial charge on any atom is -0.324 e. The van der Waals surface area contributed by atoms with E-state index in [0.29, 0.717) is 24.1 Å². The standard InChI is InChI=1S/C19H25N3O4/c1-4-10-19(11-5-2)17(25)22(18(26)21-19)12-16(24)20-15-9-7-6-8-14(15)13(3)23/h6-9H,4-5,10-12H2,1-3H3,(H,20,24)(H,21,26). The van der Waals surface area contributed by atoms with Gasteiger partial charge in [-0.05, 0) is 31.9 Å². The Hall–Kier alpha value is -2.70. The maximum Gasteiger partial charge on any atom is 0.325 e. The fourth-order valence-corrected chi connectivity index (χ4v) is 3.37. The monoisotopic (exact) mass is 359 g/mol. The number of benzene rings is 1. The van der Waals surface area contributed by atoms with Gasteiger partial charge in [0.2, 0.25) is 5.91 Å². The molecule has 1 saturated heterocycles. The SMILES string of the molecule is CCCC1(CCC)NC(=O)N(CC(=O)Nc2ccccc2C(C)=O)C1=O. The number of amides is 4. The summed E-state index contributed by atoms with van der Waals surface area (Å²) in [5, 5.41) is 5.39. The van der Waals surface area contributed by atoms with Crippen LogP contribution in [0.5, 0.6) is 0 Å². The highest BCUT2D eigenvalue weighted by Crippen LogP contribution is 2.28. The van der Waals surface area contributed by atoms with Crippen LogP contribution in [0.3, 0.4) is 0 Å². The van der Waals surface area contributed by atoms with Crippen LogP contribution in [0.25, 0.3) is 0 Å². The lowest BCUT2D eigenvalue weighted by Crippen LogP contribution is -2.47. The Bertz CT molecular complexity index is 723. The van der Waals surface area contributed by atoms with Gasteiger partial charge in [-0.15, -0.1) is 0 Å². The average molecular weight is 359 g/mol. The Morgan fingerprint density at radius 3 is 2.31 bits per heavy atom. The van der Waals surface area contributed by atoms with Gasteiger partial charge in [0, 0.05) is 5.56 Å². The van der Waals surface area contributed by atoms with Gasteiger partial charge in [0.15, 0.2) is 5.78 Å². The van der Waals surface area contributed by atoms with Crippen molar-refractivity contribution in [3.63, 3.8) is 0 Å². The van der Waals surface area contributed by atoms with E-state index in [4.69, 9.17) is 0 Å². The van der Waals surface area contributed by atoms with Crippen molar-refractivity contribution in [1.29, 1.82) is 0 Å². The molecule has 0 bridgehead atoms. The Kier molecular flexibility index (Phi) is 6.13. The summed E-state index contributed by atoms with van der Waals surface area (Å²) in [5.74, 6) is -1.06. The summed E-state index contributed by atoms with van der Waals surface area (Å²) in [6.45, 7) is 4.92. The molecular weight excluding hydrogens is 334 g/mol. The van der Waals surface area contributed by atoms with Crippen LogP contribution in [0.1, 0.15) is 56.8 Å². The molecule has 0 atom stereocenters. The van der Waals surface area contributed by atoms with Crippen molar-refractivity contribution in [2.45, 2.75) is 52.0 Å². The van der Waals surface area contributed by atoms with Crippen LogP contribution in [0.15, 0.2) is 24.3 Å². The van der Waals surface area contributed by atoms with Gasteiger partial charge in [0.1, 0.15) is 12.1 Å². The zero-order valence-electron chi connectivity index (χ0n) is 15.4. The average Bonchev–Trinajstić information content (AvgIpc) is 2.80. The van der Waals surface area contributed by atoms with Crippen molar-refractivity contribution >= 4 is 29.3 Å². The Balaban J connectivity index is 2.13. The number of ketones is 1. The summed E-state index contributed by atoms with van der Waals surface area (Å²) in [7, 11) is 0. The molecule has 140 valence electrons. The van der Waals surface area contributed by atoms with E-state index in [1.54, 1.807) is 24.3 Å². The molecule has 1 aliphatic heterocycles. The molecule has 0 saturated carbocycles. The molecule has 0 radical (unpaired) electrons. The number of carbonyl (C=O) groups is 4. The third-order valence-corrected chi connectivity index (χ3v) is 4.48. The Morgan fingerprint density at radius 2 is 1.73 bits per heavy atom. The first-order valence-corrected chi connectivity index (χ1v) is 8.88. The molecular formula is C19H25N3O4. The number of nitrogens with one attached hydrogen (secondary N) is 2. The first kappa shape index (κ1) is 19.6. The van der Waals surface area contributed by atoms with Crippen LogP contribution in [-0.2, 0) is 9.59 Å². The normalized spacial score (nSPS) is 15.7. The lowest BCUT2D eigenvalue weighted by Gasteiger charge is -2.25. The Labute approximate surface area is 153 Å². The quantitative estimate of drug-likeness (QED) is 0.551. The van der Waals surface area contributed by atoms with E-state index in [9.17, 15) is 19.2 Å². The topological polar surface area (TPSA) is 95.6 Å². The van der Waals surface area contributed by atoms with Crippen LogP contribution >= 0.6 is 0 Å². The molecule has 1 aromatic rings. The zero-order valence-corrected chi connectivity index (χ0v) is 15.4. The maximum atomic E-state index is 12.8. The number of hydrogen-bond donors (Lipinski definition) is 2. The van der Waals surface area contributed by atoms with Gasteiger partial charge in [-0.25, -0.2) is 4.79 Å². The minimum absolute atomic E-state index is 0.180. The number of Topliss-reactive ketones (excluding diaryl/α,β-unsaturated/α-hetero) is 1. The van der Waals surface area contributed by atoms with Gasteiger partial charge in [-0.1, -0.05) is 38.8 Å². The lowest BCUT2D eigenvalue weighted by molar-refractivity contribution is -0.134. The third-order valence-electron chi connectivity index (χ3n) is 4.48. The number of rotatable bonds is 8. The van der Waals surface area contributed by atoms with Gasteiger partial charge >= 0.3 is 6.03 Å². The maximum absolute atomic E-state index is 12.8. The van der Waals surface area contributed by atoms with Crippen molar-refractivity contribution in [1.82, 2.24) is 10.2 Å². The number of anilines is 1. The highest BCUT2D eigenvalue weighted by atomic mass is 16.2. The summed E-state index contributed by atoms with van der Waals surface area (Å²) in [4.78, 5) is 50.0. The van der Waals surface area contributed by atoms with Crippen LogP contribution in [0.2, 0.25) is 0 Å². The molecule has 0 spiro atoms. The summed E-state index contributed by atoms with van der Waals surface area (Å²) in [5.41, 5.74) is -0.173. The van der Waals surface area contributed by atoms with Crippen molar-refractivity contribution in [3.8, 4) is 0 Å². The van der Waals surface area contributed by atoms with Crippen LogP contribution in [0.4, 0.5) is 10.5 Å². The number of nitrogens with zero attached hydrogens (tertiary/aromatic N) is 1. The molecule has 7 heteroatoms. The van der Waals surface area contributed by atoms with Crippen molar-refractivity contribution in [2.24, 2.45) is 0 Å². The largest absolute Gasteiger partial charge is 0.325 e. The van der Waals surface area contributed by atoms with E-state index in [-0.39, 0.29) is 18.2 Å². The predicted molar refractivity (Wildman–Crippen MR) is 97.9 cm³/mol. The van der Waals surface area contributed by atoms with E-state index >= 15 is 0 Å². The number of urea groups is 1. The molecule has 1 heterocycles. The van der Waals surface area contributed by atoms with Crippen LogP contribution in [0, 0.1) is 0 Å². The number of imide groups is 1. The van der Waals surface area contributed by atoms with Crippen LogP contribution in [-0.4, -0.2) is 40.6 Å². The van der Waals surface area contributed by atoms with E-state index in [0.717, 1.165) is 17.7 Å². The summed E-state index contributed by atoms with van der Waals surface area (Å²) in [6, 6.07) is 6.07. The molecule has 0 aliphatic carbocycles. The molecule has 26 heavy (non-hydrogen) atoms. The predicted octanol–water partition coefficient (Wildman–Crippen LogP) is 2.72. The molecule has 4 amide bonds. The Morgan fingerprint density at radius 1 is 1.12 bits per heavy atom. The fourth-order valence-electron chi connectivity index (χ4n) is 3.37. The molecule has 2 N–H and O–H groups in total. The van der Waals surface area contributed by atoms with Gasteiger partial charge in [0.25, 0.3) is 5.91 Å². The molecule has 2 rings (SSSR count). The van der Waals surface area contributed by atoms with Gasteiger partial charge in [0.05, 0.1) is 5.69 Å². The van der Waals surface area contributed by atoms with E-state index in [1.807, 2.05) is 13.8 Å². The molecule has 1 aliphatic rings. The first-order valence-electron chi connectivity index (χ1n) is 8.88. The van der Waals surface area contributed by atoms with Gasteiger partial charge in [-0.3, -0.25) is 19.3 Å². The zero-order chi connectivity index (χ0) is 19.3. The first-order chi connectivity index (χ1) is 12.3. The fraction of sp³-hybridized carbons (Fsp3) is 0.474. The smallest absolute Gasteiger partial charge is 0.324 e. The highest BCUT2D eigenvalue weighted by molar-refractivity contribution is 6.11. The molecule has 1 aromatic carbocycles. The third kappa shape index (κ3) is 3.92. The molecule has 0 aromatic heterocycles. The highest BCUT2D eigenvalue weighted by Gasteiger charge is 2.50. The minimum atomic E-state index is -0.918. The van der Waals surface area contributed by atoms with E-state index in [1.165, 1.54) is 6.92 Å². The van der Waals surface area contributed by atoms with Crippen molar-refractivity contribution in [2.75, 3.05) is 11.9 Å². The molecule has 0 unspecified atom stereocenters. The number of carbonyl (C=O) groups excluding carboxylic acids is 4. The van der Waals surface area contributed by atoms with Crippen molar-refractivity contribution < 1.29 is 19.2 Å². The number of hydrogen-bond acceptors (Lipinski definition) is 4. The van der Waals surface area contributed by atoms with Crippen molar-refractivity contribution in [3.05, 3.63) is 29.8 Å². The summed E-state index contributed by atoms with van der Waals surface area (Å²) >= 11 is 0. The van der Waals surface area contributed by atoms with Gasteiger partial charge in [-0.2, -0.15) is 0 Å². The second-order valence-corrected chi connectivity index (χ2v) is 6.55. The number of para-hydroxylation sites is 1. The van der Waals surface area contributed by atoms with E-state index < -0.39 is 17.5 Å². The second-order valence-electron chi connectivity index (χ2n) is 6.55. The molecule has 1 fully saturated rings. The van der Waals surface area contributed by atoms with Crippen LogP contribution < -0.4 is 10.6 Å². The second kappa shape index (κ2) is 8.12. The molecule has 7 nitrogen and oxygen atoms in total.